The van der Waals surface area contributed by atoms with Crippen LogP contribution in [0.3, 0.4) is 0 Å². The molecule has 2 aromatic carbocycles. The topological polar surface area (TPSA) is 156 Å². The first-order valence-corrected chi connectivity index (χ1v) is 9.86. The third-order valence-corrected chi connectivity index (χ3v) is 4.51. The number of anilines is 1. The van der Waals surface area contributed by atoms with Crippen molar-refractivity contribution in [1.29, 1.82) is 0 Å². The van der Waals surface area contributed by atoms with Gasteiger partial charge in [0.05, 0.1) is 19.9 Å². The van der Waals surface area contributed by atoms with Gasteiger partial charge in [0.15, 0.2) is 5.69 Å². The van der Waals surface area contributed by atoms with Gasteiger partial charge in [-0.1, -0.05) is 29.5 Å². The van der Waals surface area contributed by atoms with Crippen LogP contribution in [0.1, 0.15) is 23.0 Å². The van der Waals surface area contributed by atoms with E-state index >= 15 is 0 Å². The van der Waals surface area contributed by atoms with Crippen molar-refractivity contribution in [2.75, 3.05) is 19.5 Å². The number of aromatic nitrogens is 5. The number of nitrogens with two attached hydrogens (primary N) is 1. The normalized spacial score (nSPS) is 11.0. The minimum Gasteiger partial charge on any atom is -0.497 e. The first-order valence-electron chi connectivity index (χ1n) is 9.86. The van der Waals surface area contributed by atoms with Crippen LogP contribution in [-0.2, 0) is 0 Å². The zero-order chi connectivity index (χ0) is 23.2. The minimum absolute atomic E-state index is 0.0124. The standard InChI is InChI=1S/C21H20N8O4/c1-3-32-16-10-5-4-7-14(16)12-23-25-21(30)17-18(13-8-6-9-15(11-13)31-2)29(28-24-17)20-19(22)26-33-27-20/h4-12H,3H2,1-2H3,(H2,22,26)(H,25,30). The molecule has 4 aromatic rings. The molecule has 2 heterocycles. The molecule has 2 aromatic heterocycles. The average molecular weight is 448 g/mol. The van der Waals surface area contributed by atoms with Crippen molar-refractivity contribution < 1.29 is 18.9 Å². The number of benzene rings is 2. The molecular weight excluding hydrogens is 428 g/mol. The summed E-state index contributed by atoms with van der Waals surface area (Å²) in [6.45, 7) is 2.39. The molecule has 0 saturated carbocycles. The van der Waals surface area contributed by atoms with Crippen LogP contribution in [-0.4, -0.2) is 51.1 Å². The van der Waals surface area contributed by atoms with E-state index in [0.29, 0.717) is 34.9 Å². The lowest BCUT2D eigenvalue weighted by Gasteiger charge is -2.08. The van der Waals surface area contributed by atoms with E-state index in [1.54, 1.807) is 24.3 Å². The van der Waals surface area contributed by atoms with Gasteiger partial charge in [-0.2, -0.15) is 9.78 Å². The molecule has 1 amide bonds. The molecule has 0 aliphatic rings. The van der Waals surface area contributed by atoms with Gasteiger partial charge in [0.2, 0.25) is 11.6 Å². The lowest BCUT2D eigenvalue weighted by Crippen LogP contribution is -2.19. The Balaban J connectivity index is 1.68. The Morgan fingerprint density at radius 1 is 1.24 bits per heavy atom. The van der Waals surface area contributed by atoms with Crippen molar-refractivity contribution in [3.8, 4) is 28.6 Å². The molecule has 168 valence electrons. The minimum atomic E-state index is -0.598. The maximum atomic E-state index is 13.0. The number of hydrogen-bond acceptors (Lipinski definition) is 10. The van der Waals surface area contributed by atoms with E-state index in [-0.39, 0.29) is 17.3 Å². The zero-order valence-electron chi connectivity index (χ0n) is 17.8. The smallest absolute Gasteiger partial charge is 0.294 e. The van der Waals surface area contributed by atoms with Gasteiger partial charge in [-0.15, -0.1) is 5.10 Å². The number of nitrogens with zero attached hydrogens (tertiary/aromatic N) is 6. The third-order valence-electron chi connectivity index (χ3n) is 4.51. The van der Waals surface area contributed by atoms with Crippen LogP contribution >= 0.6 is 0 Å². The van der Waals surface area contributed by atoms with Gasteiger partial charge >= 0.3 is 0 Å². The number of carbonyl (C=O) groups excluding carboxylic acids is 1. The first-order chi connectivity index (χ1) is 16.1. The van der Waals surface area contributed by atoms with Crippen LogP contribution in [0.25, 0.3) is 17.1 Å². The molecule has 4 rings (SSSR count). The van der Waals surface area contributed by atoms with Gasteiger partial charge in [0, 0.05) is 11.1 Å². The van der Waals surface area contributed by atoms with Gasteiger partial charge < -0.3 is 15.2 Å². The zero-order valence-corrected chi connectivity index (χ0v) is 17.8. The molecule has 12 nitrogen and oxygen atoms in total. The summed E-state index contributed by atoms with van der Waals surface area (Å²) in [5.41, 5.74) is 9.87. The number of ether oxygens (including phenoxy) is 2. The van der Waals surface area contributed by atoms with Gasteiger partial charge in [0.25, 0.3) is 5.91 Å². The van der Waals surface area contributed by atoms with E-state index in [2.05, 4.69) is 35.8 Å². The quantitative estimate of drug-likeness (QED) is 0.304. The van der Waals surface area contributed by atoms with Crippen molar-refractivity contribution in [3.63, 3.8) is 0 Å². The van der Waals surface area contributed by atoms with Gasteiger partial charge in [0.1, 0.15) is 17.2 Å². The van der Waals surface area contributed by atoms with Crippen LogP contribution in [0.5, 0.6) is 11.5 Å². The SMILES string of the molecule is CCOc1ccccc1C=NNC(=O)c1nnn(-c2nonc2N)c1-c1cccc(OC)c1. The third kappa shape index (κ3) is 4.49. The molecule has 0 spiro atoms. The fourth-order valence-corrected chi connectivity index (χ4v) is 3.04. The van der Waals surface area contributed by atoms with Crippen LogP contribution in [0.2, 0.25) is 0 Å². The highest BCUT2D eigenvalue weighted by molar-refractivity contribution is 5.99. The van der Waals surface area contributed by atoms with E-state index in [1.807, 2.05) is 31.2 Å². The Morgan fingerprint density at radius 2 is 2.09 bits per heavy atom. The summed E-state index contributed by atoms with van der Waals surface area (Å²) in [5, 5.41) is 19.4. The second-order valence-electron chi connectivity index (χ2n) is 6.57. The van der Waals surface area contributed by atoms with Crippen molar-refractivity contribution in [1.82, 2.24) is 30.7 Å². The Bertz CT molecular complexity index is 1300. The highest BCUT2D eigenvalue weighted by Gasteiger charge is 2.25. The summed E-state index contributed by atoms with van der Waals surface area (Å²) in [4.78, 5) is 13.0. The van der Waals surface area contributed by atoms with Gasteiger partial charge in [-0.3, -0.25) is 4.79 Å². The summed E-state index contributed by atoms with van der Waals surface area (Å²) in [6.07, 6.45) is 1.48. The van der Waals surface area contributed by atoms with Crippen LogP contribution in [0, 0.1) is 0 Å². The number of hydrazone groups is 1. The molecule has 0 radical (unpaired) electrons. The van der Waals surface area contributed by atoms with Crippen molar-refractivity contribution in [2.24, 2.45) is 5.10 Å². The molecule has 33 heavy (non-hydrogen) atoms. The molecule has 0 fully saturated rings. The fourth-order valence-electron chi connectivity index (χ4n) is 3.04. The monoisotopic (exact) mass is 448 g/mol. The summed E-state index contributed by atoms with van der Waals surface area (Å²) in [5.74, 6) is 0.702. The molecule has 0 atom stereocenters. The highest BCUT2D eigenvalue weighted by atomic mass is 16.6. The lowest BCUT2D eigenvalue weighted by atomic mass is 10.1. The maximum Gasteiger partial charge on any atom is 0.294 e. The molecule has 12 heteroatoms. The lowest BCUT2D eigenvalue weighted by molar-refractivity contribution is 0.0950. The predicted molar refractivity (Wildman–Crippen MR) is 118 cm³/mol. The molecule has 0 aliphatic carbocycles. The number of rotatable bonds is 8. The number of hydrogen-bond donors (Lipinski definition) is 2. The number of amides is 1. The number of methoxy groups -OCH3 is 1. The molecular formula is C21H20N8O4. The number of nitrogen functional groups attached to an aromatic ring is 1. The van der Waals surface area contributed by atoms with Crippen molar-refractivity contribution in [3.05, 3.63) is 59.8 Å². The van der Waals surface area contributed by atoms with E-state index in [1.165, 1.54) is 18.0 Å². The summed E-state index contributed by atoms with van der Waals surface area (Å²) >= 11 is 0. The molecule has 3 N–H and O–H groups in total. The Morgan fingerprint density at radius 3 is 2.85 bits per heavy atom. The van der Waals surface area contributed by atoms with Crippen LogP contribution < -0.4 is 20.6 Å². The molecule has 0 bridgehead atoms. The summed E-state index contributed by atoms with van der Waals surface area (Å²) < 4.78 is 16.8. The maximum absolute atomic E-state index is 13.0. The average Bonchev–Trinajstić information content (AvgIpc) is 3.46. The van der Waals surface area contributed by atoms with Crippen molar-refractivity contribution in [2.45, 2.75) is 6.92 Å². The first kappa shape index (κ1) is 21.5. The largest absolute Gasteiger partial charge is 0.497 e. The summed E-state index contributed by atoms with van der Waals surface area (Å²) in [7, 11) is 1.54. The van der Waals surface area contributed by atoms with E-state index in [9.17, 15) is 4.79 Å². The second kappa shape index (κ2) is 9.60. The fraction of sp³-hybridized carbons (Fsp3) is 0.143. The van der Waals surface area contributed by atoms with E-state index in [4.69, 9.17) is 15.2 Å². The number of para-hydroxylation sites is 1. The number of nitrogens with one attached hydrogen (secondary N) is 1. The van der Waals surface area contributed by atoms with Gasteiger partial charge in [-0.25, -0.2) is 10.1 Å². The highest BCUT2D eigenvalue weighted by Crippen LogP contribution is 2.29. The predicted octanol–water partition coefficient (Wildman–Crippen LogP) is 2.07. The summed E-state index contributed by atoms with van der Waals surface area (Å²) in [6, 6.07) is 14.3. The molecule has 0 saturated heterocycles. The van der Waals surface area contributed by atoms with Gasteiger partial charge in [-0.05, 0) is 41.5 Å². The van der Waals surface area contributed by atoms with Crippen LogP contribution in [0.15, 0.2) is 58.3 Å². The van der Waals surface area contributed by atoms with E-state index < -0.39 is 5.91 Å². The van der Waals surface area contributed by atoms with Crippen molar-refractivity contribution >= 4 is 17.9 Å². The molecule has 0 aliphatic heterocycles. The Kier molecular flexibility index (Phi) is 6.25. The van der Waals surface area contributed by atoms with Crippen LogP contribution in [0.4, 0.5) is 5.82 Å². The Labute approximate surface area is 188 Å². The number of carbonyl (C=O) groups is 1. The molecule has 0 unspecified atom stereocenters. The van der Waals surface area contributed by atoms with E-state index in [0.717, 1.165) is 0 Å². The second-order valence-corrected chi connectivity index (χ2v) is 6.57. The Hall–Kier alpha value is -4.74.